The summed E-state index contributed by atoms with van der Waals surface area (Å²) in [4.78, 5) is 29.1. The highest BCUT2D eigenvalue weighted by molar-refractivity contribution is 6.30. The second kappa shape index (κ2) is 11.1. The van der Waals surface area contributed by atoms with E-state index in [-0.39, 0.29) is 24.5 Å². The second-order valence-electron chi connectivity index (χ2n) is 9.36. The molecule has 2 atom stereocenters. The molecule has 0 aromatic heterocycles. The van der Waals surface area contributed by atoms with E-state index in [9.17, 15) is 9.59 Å². The molecular weight excluding hydrogens is 456 g/mol. The molecule has 184 valence electrons. The molecule has 1 N–H and O–H groups in total. The number of ether oxygens (including phenoxy) is 3. The number of carbonyl (C=O) groups excluding carboxylic acids is 2. The third-order valence-corrected chi connectivity index (χ3v) is 5.81. The van der Waals surface area contributed by atoms with Crippen LogP contribution in [0.4, 0.5) is 0 Å². The van der Waals surface area contributed by atoms with E-state index >= 15 is 0 Å². The Balaban J connectivity index is 2.07. The van der Waals surface area contributed by atoms with E-state index in [1.54, 1.807) is 47.4 Å². The first-order chi connectivity index (χ1) is 16.1. The number of nitrogens with one attached hydrogen (secondary N) is 1. The average molecular weight is 489 g/mol. The lowest BCUT2D eigenvalue weighted by atomic mass is 9.99. The zero-order chi connectivity index (χ0) is 24.9. The highest BCUT2D eigenvalue weighted by Crippen LogP contribution is 2.31. The molecule has 0 spiro atoms. The number of rotatable bonds is 8. The van der Waals surface area contributed by atoms with Crippen LogP contribution in [0.25, 0.3) is 0 Å². The fraction of sp³-hybridized carbons (Fsp3) is 0.462. The molecule has 1 fully saturated rings. The minimum Gasteiger partial charge on any atom is -0.493 e. The summed E-state index contributed by atoms with van der Waals surface area (Å²) in [6.07, 6.45) is 1.59. The lowest BCUT2D eigenvalue weighted by molar-refractivity contribution is -0.127. The van der Waals surface area contributed by atoms with Crippen LogP contribution in [0.3, 0.4) is 0 Å². The van der Waals surface area contributed by atoms with E-state index in [0.717, 1.165) is 12.8 Å². The summed E-state index contributed by atoms with van der Waals surface area (Å²) in [5.74, 6) is 0.374. The minimum absolute atomic E-state index is 0.152. The van der Waals surface area contributed by atoms with Gasteiger partial charge in [0.1, 0.15) is 6.04 Å². The van der Waals surface area contributed by atoms with Crippen LogP contribution >= 0.6 is 11.6 Å². The average Bonchev–Trinajstić information content (AvgIpc) is 3.31. The molecule has 2 aromatic rings. The smallest absolute Gasteiger partial charge is 0.255 e. The van der Waals surface area contributed by atoms with Crippen molar-refractivity contribution in [2.45, 2.75) is 51.3 Å². The molecule has 0 aliphatic carbocycles. The fourth-order valence-electron chi connectivity index (χ4n) is 4.00. The van der Waals surface area contributed by atoms with Gasteiger partial charge in [0.15, 0.2) is 11.5 Å². The first-order valence-corrected chi connectivity index (χ1v) is 11.7. The quantitative estimate of drug-likeness (QED) is 0.586. The molecule has 1 aliphatic heterocycles. The van der Waals surface area contributed by atoms with Crippen molar-refractivity contribution in [3.05, 3.63) is 58.6 Å². The Bertz CT molecular complexity index is 997. The molecule has 8 heteroatoms. The Morgan fingerprint density at radius 2 is 1.79 bits per heavy atom. The predicted octanol–water partition coefficient (Wildman–Crippen LogP) is 4.63. The Kier molecular flexibility index (Phi) is 8.44. The molecule has 0 radical (unpaired) electrons. The SMILES string of the molecule is COc1ccc(C(=O)N(CC2CCCO2)C(C(=O)NC(C)(C)C)c2ccc(Cl)cc2)cc1OC. The van der Waals surface area contributed by atoms with Crippen LogP contribution in [0.1, 0.15) is 55.6 Å². The third-order valence-electron chi connectivity index (χ3n) is 5.56. The summed E-state index contributed by atoms with van der Waals surface area (Å²) in [6.45, 7) is 6.64. The van der Waals surface area contributed by atoms with Gasteiger partial charge in [0.25, 0.3) is 5.91 Å². The molecule has 7 nitrogen and oxygen atoms in total. The Labute approximate surface area is 206 Å². The Morgan fingerprint density at radius 3 is 2.35 bits per heavy atom. The monoisotopic (exact) mass is 488 g/mol. The zero-order valence-corrected chi connectivity index (χ0v) is 21.1. The summed E-state index contributed by atoms with van der Waals surface area (Å²) in [5.41, 5.74) is 0.570. The highest BCUT2D eigenvalue weighted by atomic mass is 35.5. The van der Waals surface area contributed by atoms with Gasteiger partial charge in [-0.3, -0.25) is 9.59 Å². The molecule has 1 heterocycles. The number of carbonyl (C=O) groups is 2. The minimum atomic E-state index is -0.874. The molecule has 2 amide bonds. The first-order valence-electron chi connectivity index (χ1n) is 11.3. The number of nitrogens with zero attached hydrogens (tertiary/aromatic N) is 1. The normalized spacial score (nSPS) is 16.6. The van der Waals surface area contributed by atoms with Crippen LogP contribution in [-0.4, -0.2) is 55.7 Å². The molecular formula is C26H33ClN2O5. The molecule has 1 aliphatic rings. The van der Waals surface area contributed by atoms with Crippen molar-refractivity contribution in [3.8, 4) is 11.5 Å². The van der Waals surface area contributed by atoms with Crippen molar-refractivity contribution in [3.63, 3.8) is 0 Å². The van der Waals surface area contributed by atoms with E-state index in [1.807, 2.05) is 20.8 Å². The largest absolute Gasteiger partial charge is 0.493 e. The van der Waals surface area contributed by atoms with E-state index in [0.29, 0.717) is 34.3 Å². The van der Waals surface area contributed by atoms with Crippen LogP contribution in [-0.2, 0) is 9.53 Å². The second-order valence-corrected chi connectivity index (χ2v) is 9.79. The van der Waals surface area contributed by atoms with E-state index in [2.05, 4.69) is 5.32 Å². The Hall–Kier alpha value is -2.77. The van der Waals surface area contributed by atoms with Gasteiger partial charge < -0.3 is 24.4 Å². The van der Waals surface area contributed by atoms with Gasteiger partial charge in [0.2, 0.25) is 5.91 Å². The van der Waals surface area contributed by atoms with Crippen LogP contribution < -0.4 is 14.8 Å². The molecule has 34 heavy (non-hydrogen) atoms. The number of hydrogen-bond acceptors (Lipinski definition) is 5. The molecule has 0 bridgehead atoms. The number of methoxy groups -OCH3 is 2. The fourth-order valence-corrected chi connectivity index (χ4v) is 4.13. The number of hydrogen-bond donors (Lipinski definition) is 1. The van der Waals surface area contributed by atoms with Gasteiger partial charge in [-0.1, -0.05) is 23.7 Å². The highest BCUT2D eigenvalue weighted by Gasteiger charge is 2.36. The molecule has 1 saturated heterocycles. The molecule has 3 rings (SSSR count). The maximum absolute atomic E-state index is 13.9. The lowest BCUT2D eigenvalue weighted by Crippen LogP contribution is -2.50. The standard InChI is InChI=1S/C26H33ClN2O5/c1-26(2,3)28-24(30)23(17-8-11-19(27)12-9-17)29(16-20-7-6-14-34-20)25(31)18-10-13-21(32-4)22(15-18)33-5/h8-13,15,20,23H,6-7,14,16H2,1-5H3,(H,28,30). The van der Waals surface area contributed by atoms with Crippen LogP contribution in [0.15, 0.2) is 42.5 Å². The van der Waals surface area contributed by atoms with Crippen molar-refractivity contribution >= 4 is 23.4 Å². The maximum Gasteiger partial charge on any atom is 0.255 e. The van der Waals surface area contributed by atoms with Crippen LogP contribution in [0, 0.1) is 0 Å². The Morgan fingerprint density at radius 1 is 1.12 bits per heavy atom. The van der Waals surface area contributed by atoms with Gasteiger partial charge >= 0.3 is 0 Å². The van der Waals surface area contributed by atoms with Gasteiger partial charge in [-0.05, 0) is 69.5 Å². The van der Waals surface area contributed by atoms with E-state index < -0.39 is 11.6 Å². The van der Waals surface area contributed by atoms with Crippen LogP contribution in [0.2, 0.25) is 5.02 Å². The predicted molar refractivity (Wildman–Crippen MR) is 132 cm³/mol. The number of amides is 2. The summed E-state index contributed by atoms with van der Waals surface area (Å²) >= 11 is 6.11. The summed E-state index contributed by atoms with van der Waals surface area (Å²) in [7, 11) is 3.06. The maximum atomic E-state index is 13.9. The van der Waals surface area contributed by atoms with Gasteiger partial charge in [0, 0.05) is 29.3 Å². The van der Waals surface area contributed by atoms with Gasteiger partial charge in [0.05, 0.1) is 20.3 Å². The summed E-state index contributed by atoms with van der Waals surface area (Å²) in [6, 6.07) is 11.1. The third kappa shape index (κ3) is 6.42. The van der Waals surface area contributed by atoms with E-state index in [1.165, 1.54) is 14.2 Å². The first kappa shape index (κ1) is 25.8. The summed E-state index contributed by atoms with van der Waals surface area (Å²) < 4.78 is 16.6. The number of benzene rings is 2. The van der Waals surface area contributed by atoms with E-state index in [4.69, 9.17) is 25.8 Å². The van der Waals surface area contributed by atoms with Crippen molar-refractivity contribution in [1.29, 1.82) is 0 Å². The van der Waals surface area contributed by atoms with Gasteiger partial charge in [-0.15, -0.1) is 0 Å². The van der Waals surface area contributed by atoms with Crippen molar-refractivity contribution in [2.75, 3.05) is 27.4 Å². The number of halogens is 1. The molecule has 2 unspecified atom stereocenters. The summed E-state index contributed by atoms with van der Waals surface area (Å²) in [5, 5.41) is 3.59. The lowest BCUT2D eigenvalue weighted by Gasteiger charge is -2.35. The van der Waals surface area contributed by atoms with Crippen molar-refractivity contribution in [2.24, 2.45) is 0 Å². The molecule has 2 aromatic carbocycles. The zero-order valence-electron chi connectivity index (χ0n) is 20.4. The van der Waals surface area contributed by atoms with Gasteiger partial charge in [-0.2, -0.15) is 0 Å². The molecule has 0 saturated carbocycles. The van der Waals surface area contributed by atoms with Crippen LogP contribution in [0.5, 0.6) is 11.5 Å². The van der Waals surface area contributed by atoms with Crippen molar-refractivity contribution in [1.82, 2.24) is 10.2 Å². The topological polar surface area (TPSA) is 77.1 Å². The van der Waals surface area contributed by atoms with Gasteiger partial charge in [-0.25, -0.2) is 0 Å². The van der Waals surface area contributed by atoms with Crippen molar-refractivity contribution < 1.29 is 23.8 Å².